The normalized spacial score (nSPS) is 10.6. The maximum absolute atomic E-state index is 13.9. The molecule has 0 radical (unpaired) electrons. The first kappa shape index (κ1) is 18.6. The fourth-order valence-corrected chi connectivity index (χ4v) is 2.96. The number of nitrogens with zero attached hydrogens (tertiary/aromatic N) is 2. The first-order chi connectivity index (χ1) is 12.4. The van der Waals surface area contributed by atoms with Gasteiger partial charge in [0.05, 0.1) is 18.4 Å². The Balaban J connectivity index is 1.64. The molecule has 8 heteroatoms. The van der Waals surface area contributed by atoms with E-state index in [0.29, 0.717) is 26.4 Å². The third-order valence-electron chi connectivity index (χ3n) is 3.70. The number of benzene rings is 2. The van der Waals surface area contributed by atoms with Gasteiger partial charge in [0.2, 0.25) is 0 Å². The van der Waals surface area contributed by atoms with Crippen LogP contribution in [0.2, 0.25) is 10.0 Å². The average Bonchev–Trinajstić information content (AvgIpc) is 3.01. The van der Waals surface area contributed by atoms with Gasteiger partial charge in [0.15, 0.2) is 5.11 Å². The highest BCUT2D eigenvalue weighted by Crippen LogP contribution is 2.21. The molecule has 0 saturated heterocycles. The molecule has 134 valence electrons. The summed E-state index contributed by atoms with van der Waals surface area (Å²) in [6.07, 6.45) is 3.32. The van der Waals surface area contributed by atoms with E-state index >= 15 is 0 Å². The van der Waals surface area contributed by atoms with E-state index in [1.807, 2.05) is 19.1 Å². The van der Waals surface area contributed by atoms with E-state index in [2.05, 4.69) is 15.7 Å². The predicted molar refractivity (Wildman–Crippen MR) is 109 cm³/mol. The highest BCUT2D eigenvalue weighted by molar-refractivity contribution is 7.80. The molecule has 0 bridgehead atoms. The molecule has 3 aromatic rings. The summed E-state index contributed by atoms with van der Waals surface area (Å²) < 4.78 is 15.5. The summed E-state index contributed by atoms with van der Waals surface area (Å²) in [7, 11) is 0. The summed E-state index contributed by atoms with van der Waals surface area (Å²) >= 11 is 17.4. The van der Waals surface area contributed by atoms with Crippen LogP contribution < -0.4 is 10.6 Å². The van der Waals surface area contributed by atoms with Gasteiger partial charge in [-0.2, -0.15) is 5.10 Å². The van der Waals surface area contributed by atoms with E-state index in [1.165, 1.54) is 6.07 Å². The SMILES string of the molecule is Cc1ccc(NC(=S)Nc2cnn(Cc3c(F)cccc3Cl)c2)cc1Cl. The van der Waals surface area contributed by atoms with E-state index < -0.39 is 0 Å². The Morgan fingerprint density at radius 2 is 1.92 bits per heavy atom. The highest BCUT2D eigenvalue weighted by Gasteiger charge is 2.09. The van der Waals surface area contributed by atoms with Crippen molar-refractivity contribution in [2.45, 2.75) is 13.5 Å². The van der Waals surface area contributed by atoms with Crippen LogP contribution in [0.4, 0.5) is 15.8 Å². The van der Waals surface area contributed by atoms with E-state index in [-0.39, 0.29) is 12.4 Å². The highest BCUT2D eigenvalue weighted by atomic mass is 35.5. The van der Waals surface area contributed by atoms with Gasteiger partial charge in [0, 0.05) is 27.5 Å². The van der Waals surface area contributed by atoms with Crippen molar-refractivity contribution in [2.24, 2.45) is 0 Å². The van der Waals surface area contributed by atoms with E-state index in [9.17, 15) is 4.39 Å². The van der Waals surface area contributed by atoms with Gasteiger partial charge in [-0.25, -0.2) is 4.39 Å². The summed E-state index contributed by atoms with van der Waals surface area (Å²) in [6, 6.07) is 10.2. The molecule has 0 atom stereocenters. The molecule has 0 amide bonds. The molecule has 1 aromatic heterocycles. The molecule has 2 aromatic carbocycles. The monoisotopic (exact) mass is 408 g/mol. The van der Waals surface area contributed by atoms with Crippen LogP contribution >= 0.6 is 35.4 Å². The molecule has 0 fully saturated rings. The first-order valence-corrected chi connectivity index (χ1v) is 8.88. The van der Waals surface area contributed by atoms with Crippen molar-refractivity contribution in [3.63, 3.8) is 0 Å². The Morgan fingerprint density at radius 1 is 1.15 bits per heavy atom. The topological polar surface area (TPSA) is 41.9 Å². The van der Waals surface area contributed by atoms with Crippen LogP contribution in [0.5, 0.6) is 0 Å². The number of halogens is 3. The molecule has 0 saturated carbocycles. The van der Waals surface area contributed by atoms with Crippen LogP contribution in [-0.2, 0) is 6.54 Å². The third-order valence-corrected chi connectivity index (χ3v) is 4.67. The second-order valence-corrected chi connectivity index (χ2v) is 6.89. The van der Waals surface area contributed by atoms with Gasteiger partial charge < -0.3 is 10.6 Å². The minimum atomic E-state index is -0.365. The summed E-state index contributed by atoms with van der Waals surface area (Å²) in [5.41, 5.74) is 2.83. The van der Waals surface area contributed by atoms with Crippen molar-refractivity contribution in [3.05, 3.63) is 75.8 Å². The fraction of sp³-hybridized carbons (Fsp3) is 0.111. The van der Waals surface area contributed by atoms with Crippen molar-refractivity contribution in [3.8, 4) is 0 Å². The summed E-state index contributed by atoms with van der Waals surface area (Å²) in [5.74, 6) is -0.365. The van der Waals surface area contributed by atoms with Crippen LogP contribution in [0.3, 0.4) is 0 Å². The number of anilines is 2. The summed E-state index contributed by atoms with van der Waals surface area (Å²) in [5, 5.41) is 11.7. The Bertz CT molecular complexity index is 938. The lowest BCUT2D eigenvalue weighted by molar-refractivity contribution is 0.585. The van der Waals surface area contributed by atoms with Gasteiger partial charge in [0.25, 0.3) is 0 Å². The van der Waals surface area contributed by atoms with Gasteiger partial charge in [-0.15, -0.1) is 0 Å². The predicted octanol–water partition coefficient (Wildman–Crippen LogP) is 5.49. The molecular formula is C18H15Cl2FN4S. The average molecular weight is 409 g/mol. The van der Waals surface area contributed by atoms with Gasteiger partial charge in [-0.05, 0) is 49.0 Å². The second kappa shape index (κ2) is 8.03. The molecule has 4 nitrogen and oxygen atoms in total. The van der Waals surface area contributed by atoms with Crippen LogP contribution in [0.1, 0.15) is 11.1 Å². The largest absolute Gasteiger partial charge is 0.332 e. The lowest BCUT2D eigenvalue weighted by Crippen LogP contribution is -2.18. The quantitative estimate of drug-likeness (QED) is 0.559. The maximum atomic E-state index is 13.9. The van der Waals surface area contributed by atoms with Crippen molar-refractivity contribution < 1.29 is 4.39 Å². The molecule has 1 heterocycles. The maximum Gasteiger partial charge on any atom is 0.175 e. The summed E-state index contributed by atoms with van der Waals surface area (Å²) in [6.45, 7) is 2.15. The van der Waals surface area contributed by atoms with Crippen molar-refractivity contribution in [2.75, 3.05) is 10.6 Å². The molecule has 26 heavy (non-hydrogen) atoms. The van der Waals surface area contributed by atoms with Gasteiger partial charge in [-0.1, -0.05) is 35.3 Å². The van der Waals surface area contributed by atoms with Crippen LogP contribution in [0.15, 0.2) is 48.8 Å². The second-order valence-electron chi connectivity index (χ2n) is 5.67. The van der Waals surface area contributed by atoms with Crippen molar-refractivity contribution in [1.82, 2.24) is 9.78 Å². The lowest BCUT2D eigenvalue weighted by atomic mass is 10.2. The molecule has 0 aliphatic rings. The van der Waals surface area contributed by atoms with Gasteiger partial charge in [0.1, 0.15) is 5.82 Å². The Hall–Kier alpha value is -2.15. The third kappa shape index (κ3) is 4.52. The number of aromatic nitrogens is 2. The number of rotatable bonds is 4. The number of hydrogen-bond donors (Lipinski definition) is 2. The number of thiocarbonyl (C=S) groups is 1. The van der Waals surface area contributed by atoms with E-state index in [4.69, 9.17) is 35.4 Å². The van der Waals surface area contributed by atoms with Gasteiger partial charge >= 0.3 is 0 Å². The van der Waals surface area contributed by atoms with Crippen molar-refractivity contribution >= 4 is 51.9 Å². The Morgan fingerprint density at radius 3 is 2.65 bits per heavy atom. The molecule has 3 rings (SSSR count). The molecule has 0 unspecified atom stereocenters. The minimum absolute atomic E-state index is 0.223. The van der Waals surface area contributed by atoms with E-state index in [0.717, 1.165) is 11.3 Å². The van der Waals surface area contributed by atoms with Crippen LogP contribution in [0.25, 0.3) is 0 Å². The molecular weight excluding hydrogens is 394 g/mol. The van der Waals surface area contributed by atoms with Gasteiger partial charge in [-0.3, -0.25) is 4.68 Å². The van der Waals surface area contributed by atoms with E-state index in [1.54, 1.807) is 35.3 Å². The van der Waals surface area contributed by atoms with Crippen molar-refractivity contribution in [1.29, 1.82) is 0 Å². The standard InChI is InChI=1S/C18H15Cl2FN4S/c1-11-5-6-12(7-16(11)20)23-18(26)24-13-8-22-25(9-13)10-14-15(19)3-2-4-17(14)21/h2-9H,10H2,1H3,(H2,23,24,26). The minimum Gasteiger partial charge on any atom is -0.332 e. The first-order valence-electron chi connectivity index (χ1n) is 7.72. The molecule has 0 aliphatic heterocycles. The fourth-order valence-electron chi connectivity index (χ4n) is 2.32. The Kier molecular flexibility index (Phi) is 5.76. The number of hydrogen-bond acceptors (Lipinski definition) is 2. The van der Waals surface area contributed by atoms with Crippen LogP contribution in [0, 0.1) is 12.7 Å². The summed E-state index contributed by atoms with van der Waals surface area (Å²) in [4.78, 5) is 0. The molecule has 2 N–H and O–H groups in total. The zero-order valence-electron chi connectivity index (χ0n) is 13.8. The number of nitrogens with one attached hydrogen (secondary N) is 2. The molecule has 0 spiro atoms. The molecule has 0 aliphatic carbocycles. The van der Waals surface area contributed by atoms with Crippen LogP contribution in [-0.4, -0.2) is 14.9 Å². The Labute approximate surface area is 165 Å². The zero-order chi connectivity index (χ0) is 18.7. The lowest BCUT2D eigenvalue weighted by Gasteiger charge is -2.10. The number of aryl methyl sites for hydroxylation is 1. The smallest absolute Gasteiger partial charge is 0.175 e. The zero-order valence-corrected chi connectivity index (χ0v) is 16.1.